The third-order valence-corrected chi connectivity index (χ3v) is 7.56. The fourth-order valence-electron chi connectivity index (χ4n) is 6.01. The van der Waals surface area contributed by atoms with E-state index in [1.165, 1.54) is 20.2 Å². The van der Waals surface area contributed by atoms with Crippen LogP contribution in [0.4, 0.5) is 5.69 Å². The molecular formula is C25H29N3O9. The van der Waals surface area contributed by atoms with Gasteiger partial charge in [0.2, 0.25) is 11.4 Å². The van der Waals surface area contributed by atoms with E-state index in [4.69, 9.17) is 5.73 Å². The number of benzene rings is 1. The Bertz CT molecular complexity index is 1360. The molecule has 0 radical (unpaired) electrons. The lowest BCUT2D eigenvalue weighted by Crippen LogP contribution is -2.79. The number of Topliss-reactive ketones (excluding diaryl/α,β-unsaturated/α-hetero) is 2. The molecule has 0 aliphatic heterocycles. The third kappa shape index (κ3) is 3.07. The Hall–Kier alpha value is -3.71. The minimum atomic E-state index is -3.34. The van der Waals surface area contributed by atoms with Gasteiger partial charge in [0, 0.05) is 38.2 Å². The van der Waals surface area contributed by atoms with Gasteiger partial charge in [-0.2, -0.15) is 0 Å². The molecule has 3 aliphatic carbocycles. The van der Waals surface area contributed by atoms with Gasteiger partial charge < -0.3 is 41.3 Å². The molecule has 8 N–H and O–H groups in total. The first-order valence-electron chi connectivity index (χ1n) is 11.3. The van der Waals surface area contributed by atoms with Crippen molar-refractivity contribution in [1.29, 1.82) is 0 Å². The van der Waals surface area contributed by atoms with Crippen LogP contribution in [-0.2, 0) is 20.8 Å². The van der Waals surface area contributed by atoms with Crippen molar-refractivity contribution < 1.29 is 45.0 Å². The van der Waals surface area contributed by atoms with Crippen molar-refractivity contribution >= 4 is 35.0 Å². The van der Waals surface area contributed by atoms with Gasteiger partial charge in [-0.05, 0) is 25.7 Å². The van der Waals surface area contributed by atoms with Crippen LogP contribution in [0.3, 0.4) is 0 Å². The van der Waals surface area contributed by atoms with Gasteiger partial charge in [0.15, 0.2) is 11.5 Å². The monoisotopic (exact) mass is 515 g/mol. The molecule has 1 saturated carbocycles. The molecule has 12 heteroatoms. The Morgan fingerprint density at radius 1 is 1.14 bits per heavy atom. The lowest BCUT2D eigenvalue weighted by molar-refractivity contribution is -0.216. The van der Waals surface area contributed by atoms with E-state index in [0.29, 0.717) is 5.69 Å². The zero-order valence-corrected chi connectivity index (χ0v) is 20.7. The first kappa shape index (κ1) is 26.4. The normalized spacial score (nSPS) is 31.2. The quantitative estimate of drug-likeness (QED) is 0.240. The average Bonchev–Trinajstić information content (AvgIpc) is 2.75. The molecule has 1 amide bonds. The second-order valence-electron chi connectivity index (χ2n) is 10.2. The molecule has 0 spiro atoms. The van der Waals surface area contributed by atoms with E-state index in [1.807, 2.05) is 0 Å². The van der Waals surface area contributed by atoms with Crippen molar-refractivity contribution in [1.82, 2.24) is 4.90 Å². The highest BCUT2D eigenvalue weighted by Crippen LogP contribution is 2.57. The second-order valence-corrected chi connectivity index (χ2v) is 10.2. The van der Waals surface area contributed by atoms with Gasteiger partial charge in [0.05, 0.1) is 11.1 Å². The summed E-state index contributed by atoms with van der Waals surface area (Å²) >= 11 is 0. The summed E-state index contributed by atoms with van der Waals surface area (Å²) in [6, 6.07) is -0.238. The fourth-order valence-corrected chi connectivity index (χ4v) is 6.01. The summed E-state index contributed by atoms with van der Waals surface area (Å²) in [4.78, 5) is 41.9. The SMILES string of the molecule is C=Cc1cc(N(C)C)c2c(c1O)C(O)=C1C(=O)[C@]3(O)C(O)=C(C(N)=O)C(=O)[C@H](N(C)C)[C@]3(O)C[C@]1(O)C2. The Kier molecular flexibility index (Phi) is 5.62. The van der Waals surface area contributed by atoms with Crippen molar-refractivity contribution in [3.63, 3.8) is 0 Å². The van der Waals surface area contributed by atoms with Gasteiger partial charge in [-0.3, -0.25) is 19.3 Å². The van der Waals surface area contributed by atoms with Crippen molar-refractivity contribution in [3.8, 4) is 5.75 Å². The summed E-state index contributed by atoms with van der Waals surface area (Å²) < 4.78 is 0. The number of phenolic OH excluding ortho intramolecular Hbond substituents is 1. The highest BCUT2D eigenvalue weighted by Gasteiger charge is 2.75. The number of aliphatic hydroxyl groups is 5. The Labute approximate surface area is 211 Å². The fraction of sp³-hybridized carbons (Fsp3) is 0.400. The number of carbonyl (C=O) groups is 3. The molecule has 1 fully saturated rings. The van der Waals surface area contributed by atoms with E-state index < -0.39 is 81.6 Å². The minimum Gasteiger partial charge on any atom is -0.508 e. The van der Waals surface area contributed by atoms with Gasteiger partial charge in [-0.25, -0.2) is 0 Å². The number of nitrogens with two attached hydrogens (primary N) is 1. The number of aromatic hydroxyl groups is 1. The maximum atomic E-state index is 13.9. The third-order valence-electron chi connectivity index (χ3n) is 7.56. The topological polar surface area (TPSA) is 205 Å². The van der Waals surface area contributed by atoms with Crippen molar-refractivity contribution in [2.75, 3.05) is 33.1 Å². The van der Waals surface area contributed by atoms with E-state index >= 15 is 0 Å². The standard InChI is InChI=1S/C25H29N3O9/c1-6-10-7-12(27(2)3)11-8-23(35)9-24(36)19(28(4)5)18(31)14(22(26)34)20(32)25(24,37)21(33)15(23)17(30)13(11)16(10)29/h6-7,19,29-30,32,35-37H,1,8-9H2,2-5H3,(H2,26,34)/t19-,23+,24+,25+/m0/s1. The smallest absolute Gasteiger partial charge is 0.255 e. The van der Waals surface area contributed by atoms with Crippen molar-refractivity contribution in [2.24, 2.45) is 5.73 Å². The predicted octanol–water partition coefficient (Wildman–Crippen LogP) is -1.10. The van der Waals surface area contributed by atoms with Crippen molar-refractivity contribution in [3.05, 3.63) is 46.2 Å². The number of rotatable bonds is 4. The minimum absolute atomic E-state index is 0.202. The van der Waals surface area contributed by atoms with Gasteiger partial charge in [0.25, 0.3) is 5.91 Å². The van der Waals surface area contributed by atoms with Crippen LogP contribution in [0.5, 0.6) is 5.75 Å². The molecule has 37 heavy (non-hydrogen) atoms. The number of nitrogens with zero attached hydrogens (tertiary/aromatic N) is 2. The number of hydrogen-bond donors (Lipinski definition) is 7. The van der Waals surface area contributed by atoms with Crippen LogP contribution in [0.25, 0.3) is 11.8 Å². The number of carbonyl (C=O) groups excluding carboxylic acids is 3. The average molecular weight is 516 g/mol. The molecule has 198 valence electrons. The maximum Gasteiger partial charge on any atom is 0.255 e. The summed E-state index contributed by atoms with van der Waals surface area (Å²) in [6.45, 7) is 3.63. The molecule has 1 aromatic carbocycles. The number of hydrogen-bond acceptors (Lipinski definition) is 11. The molecule has 0 saturated heterocycles. The molecule has 3 aliphatic rings. The number of ketones is 2. The Morgan fingerprint density at radius 3 is 2.22 bits per heavy atom. The molecule has 4 rings (SSSR count). The number of phenols is 1. The van der Waals surface area contributed by atoms with Gasteiger partial charge >= 0.3 is 0 Å². The van der Waals surface area contributed by atoms with Crippen LogP contribution in [0.15, 0.2) is 29.6 Å². The molecular weight excluding hydrogens is 486 g/mol. The molecule has 4 atom stereocenters. The molecule has 0 unspecified atom stereocenters. The Balaban J connectivity index is 2.13. The molecule has 0 bridgehead atoms. The molecule has 0 heterocycles. The van der Waals surface area contributed by atoms with E-state index in [1.54, 1.807) is 25.1 Å². The van der Waals surface area contributed by atoms with Crippen LogP contribution in [-0.4, -0.2) is 104 Å². The van der Waals surface area contributed by atoms with Crippen LogP contribution in [0, 0.1) is 0 Å². The zero-order valence-electron chi connectivity index (χ0n) is 20.7. The zero-order chi connectivity index (χ0) is 28.0. The molecule has 1 aromatic rings. The summed E-state index contributed by atoms with van der Waals surface area (Å²) in [5, 5.41) is 68.3. The number of primary amides is 1. The summed E-state index contributed by atoms with van der Waals surface area (Å²) in [5.41, 5.74) is -4.53. The van der Waals surface area contributed by atoms with E-state index in [-0.39, 0.29) is 16.7 Å². The Morgan fingerprint density at radius 2 is 1.73 bits per heavy atom. The predicted molar refractivity (Wildman–Crippen MR) is 132 cm³/mol. The highest BCUT2D eigenvalue weighted by molar-refractivity contribution is 6.25. The number of likely N-dealkylation sites (N-methyl/N-ethyl adjacent to an activating group) is 1. The summed E-state index contributed by atoms with van der Waals surface area (Å²) in [6.07, 6.45) is -0.0209. The van der Waals surface area contributed by atoms with Crippen LogP contribution >= 0.6 is 0 Å². The highest BCUT2D eigenvalue weighted by atomic mass is 16.4. The van der Waals surface area contributed by atoms with Crippen LogP contribution in [0.1, 0.15) is 23.1 Å². The summed E-state index contributed by atoms with van der Waals surface area (Å²) in [7, 11) is 6.01. The van der Waals surface area contributed by atoms with E-state index in [2.05, 4.69) is 6.58 Å². The largest absolute Gasteiger partial charge is 0.508 e. The molecule has 0 aromatic heterocycles. The van der Waals surface area contributed by atoms with Gasteiger partial charge in [-0.1, -0.05) is 12.7 Å². The van der Waals surface area contributed by atoms with Crippen LogP contribution < -0.4 is 10.6 Å². The number of anilines is 1. The maximum absolute atomic E-state index is 13.9. The summed E-state index contributed by atoms with van der Waals surface area (Å²) in [5.74, 6) is -7.01. The van der Waals surface area contributed by atoms with Crippen LogP contribution in [0.2, 0.25) is 0 Å². The van der Waals surface area contributed by atoms with E-state index in [9.17, 15) is 45.0 Å². The van der Waals surface area contributed by atoms with E-state index in [0.717, 1.165) is 4.90 Å². The van der Waals surface area contributed by atoms with Crippen molar-refractivity contribution in [2.45, 2.75) is 35.7 Å². The first-order valence-corrected chi connectivity index (χ1v) is 11.3. The lowest BCUT2D eigenvalue weighted by atomic mass is 9.53. The first-order chi connectivity index (χ1) is 17.0. The molecule has 12 nitrogen and oxygen atoms in total. The van der Waals surface area contributed by atoms with Gasteiger partial charge in [-0.15, -0.1) is 0 Å². The number of fused-ring (bicyclic) bond motifs is 3. The number of amides is 1. The lowest BCUT2D eigenvalue weighted by Gasteiger charge is -2.57. The number of aliphatic hydroxyl groups excluding tert-OH is 2. The second kappa shape index (κ2) is 7.89. The van der Waals surface area contributed by atoms with Gasteiger partial charge in [0.1, 0.15) is 34.3 Å².